The molecule has 4 unspecified atom stereocenters. The van der Waals surface area contributed by atoms with Crippen LogP contribution in [0.1, 0.15) is 23.0 Å². The smallest absolute Gasteiger partial charge is 0.256 e. The zero-order valence-corrected chi connectivity index (χ0v) is 22.6. The van der Waals surface area contributed by atoms with Crippen LogP contribution in [0.2, 0.25) is 0 Å². The van der Waals surface area contributed by atoms with Crippen molar-refractivity contribution in [2.75, 3.05) is 25.1 Å². The van der Waals surface area contributed by atoms with E-state index in [4.69, 9.17) is 30.9 Å². The van der Waals surface area contributed by atoms with Crippen LogP contribution < -0.4 is 5.32 Å². The number of imidazole rings is 1. The molecule has 0 aliphatic carbocycles. The van der Waals surface area contributed by atoms with Gasteiger partial charge in [-0.15, -0.1) is 15.8 Å². The van der Waals surface area contributed by atoms with Crippen LogP contribution in [0.3, 0.4) is 0 Å². The molecule has 1 saturated heterocycles. The predicted octanol–water partition coefficient (Wildman–Crippen LogP) is 3.02. The molecule has 4 rings (SSSR count). The monoisotopic (exact) mass is 560 g/mol. The summed E-state index contributed by atoms with van der Waals surface area (Å²) in [7, 11) is 2.72. The SMILES string of the molecule is C=CCOP(=S)(OCCC#N)[C@@H]1C(CO)OC(n2cnc3c(NC(=O)c4ccccc4)ncnc32)[C@@H]1P. The second-order valence-electron chi connectivity index (χ2n) is 8.05. The molecule has 6 atom stereocenters. The van der Waals surface area contributed by atoms with Gasteiger partial charge < -0.3 is 24.2 Å². The molecule has 2 aromatic heterocycles. The number of aromatic nitrogens is 4. The molecule has 1 aromatic carbocycles. The zero-order valence-electron chi connectivity index (χ0n) is 19.7. The molecule has 0 spiro atoms. The van der Waals surface area contributed by atoms with E-state index in [2.05, 4.69) is 36.1 Å². The maximum Gasteiger partial charge on any atom is 0.256 e. The molecule has 0 radical (unpaired) electrons. The standard InChI is InChI=1S/C23H26N6O5P2S/c1-2-10-32-36(37,33-11-6-9-24)19-16(12-30)34-23(18(19)35)29-14-27-17-20(25-13-26-21(17)29)28-22(31)15-7-4-3-5-8-15/h2-5,7-8,13-14,16,18-19,23,30H,1,6,10-12,35H2,(H,25,26,28,31)/t16?,18-,19-,23?,36?/m1/s1. The Morgan fingerprint density at radius 1 is 1.35 bits per heavy atom. The number of nitrogens with one attached hydrogen (secondary N) is 1. The number of anilines is 1. The number of nitrogens with zero attached hydrogens (tertiary/aromatic N) is 5. The van der Waals surface area contributed by atoms with Crippen LogP contribution in [-0.2, 0) is 25.6 Å². The average molecular weight is 561 g/mol. The van der Waals surface area contributed by atoms with Gasteiger partial charge >= 0.3 is 0 Å². The van der Waals surface area contributed by atoms with Crippen LogP contribution in [0, 0.1) is 11.3 Å². The highest BCUT2D eigenvalue weighted by Crippen LogP contribution is 2.61. The fourth-order valence-electron chi connectivity index (χ4n) is 4.07. The second-order valence-corrected chi connectivity index (χ2v) is 12.5. The van der Waals surface area contributed by atoms with E-state index < -0.39 is 24.5 Å². The number of aliphatic hydroxyl groups is 1. The van der Waals surface area contributed by atoms with Crippen molar-refractivity contribution in [2.24, 2.45) is 0 Å². The number of ether oxygens (including phenoxy) is 1. The number of hydrogen-bond acceptors (Lipinski definition) is 10. The fraction of sp³-hybridized carbons (Fsp3) is 0.348. The summed E-state index contributed by atoms with van der Waals surface area (Å²) in [4.78, 5) is 25.7. The number of aliphatic hydroxyl groups excluding tert-OH is 1. The molecule has 2 N–H and O–H groups in total. The minimum atomic E-state index is -3.02. The van der Waals surface area contributed by atoms with Crippen LogP contribution in [0.4, 0.5) is 5.82 Å². The first-order valence-electron chi connectivity index (χ1n) is 11.4. The van der Waals surface area contributed by atoms with Crippen molar-refractivity contribution in [3.63, 3.8) is 0 Å². The fourth-order valence-corrected chi connectivity index (χ4v) is 9.10. The summed E-state index contributed by atoms with van der Waals surface area (Å²) >= 11 is 5.86. The Labute approximate surface area is 221 Å². The molecule has 1 aliphatic rings. The summed E-state index contributed by atoms with van der Waals surface area (Å²) in [5.41, 5.74) is 0.429. The molecule has 3 heterocycles. The molecule has 14 heteroatoms. The van der Waals surface area contributed by atoms with Gasteiger partial charge in [-0.05, 0) is 23.9 Å². The Kier molecular flexibility index (Phi) is 9.11. The van der Waals surface area contributed by atoms with Gasteiger partial charge in [0, 0.05) is 11.2 Å². The van der Waals surface area contributed by atoms with Crippen LogP contribution in [0.25, 0.3) is 11.2 Å². The molecule has 37 heavy (non-hydrogen) atoms. The van der Waals surface area contributed by atoms with Crippen molar-refractivity contribution in [1.82, 2.24) is 19.5 Å². The van der Waals surface area contributed by atoms with E-state index in [-0.39, 0.29) is 43.6 Å². The van der Waals surface area contributed by atoms with E-state index in [1.807, 2.05) is 12.1 Å². The summed E-state index contributed by atoms with van der Waals surface area (Å²) < 4.78 is 19.8. The minimum absolute atomic E-state index is 0.104. The lowest BCUT2D eigenvalue weighted by atomic mass is 10.2. The van der Waals surface area contributed by atoms with Gasteiger partial charge in [0.05, 0.1) is 50.4 Å². The molecular weight excluding hydrogens is 534 g/mol. The molecule has 1 aliphatic heterocycles. The maximum atomic E-state index is 12.7. The highest BCUT2D eigenvalue weighted by Gasteiger charge is 2.51. The Balaban J connectivity index is 1.64. The number of carbonyl (C=O) groups excluding carboxylic acids is 1. The minimum Gasteiger partial charge on any atom is -0.394 e. The van der Waals surface area contributed by atoms with Gasteiger partial charge in [0.2, 0.25) is 0 Å². The predicted molar refractivity (Wildman–Crippen MR) is 145 cm³/mol. The highest BCUT2D eigenvalue weighted by molar-refractivity contribution is 8.10. The van der Waals surface area contributed by atoms with Gasteiger partial charge in [-0.2, -0.15) is 5.26 Å². The van der Waals surface area contributed by atoms with Gasteiger partial charge in [-0.3, -0.25) is 9.36 Å². The summed E-state index contributed by atoms with van der Waals surface area (Å²) in [5, 5.41) is 21.9. The van der Waals surface area contributed by atoms with Crippen LogP contribution in [0.5, 0.6) is 0 Å². The van der Waals surface area contributed by atoms with E-state index >= 15 is 0 Å². The summed E-state index contributed by atoms with van der Waals surface area (Å²) in [6.45, 7) is 0.604. The summed E-state index contributed by atoms with van der Waals surface area (Å²) in [6.07, 6.45) is 3.26. The molecule has 194 valence electrons. The van der Waals surface area contributed by atoms with Crippen molar-refractivity contribution in [3.8, 4) is 6.07 Å². The van der Waals surface area contributed by atoms with E-state index in [0.717, 1.165) is 0 Å². The molecular formula is C23H26N6O5P2S. The van der Waals surface area contributed by atoms with Crippen molar-refractivity contribution in [1.29, 1.82) is 5.26 Å². The number of rotatable bonds is 11. The number of amides is 1. The second kappa shape index (κ2) is 12.3. The largest absolute Gasteiger partial charge is 0.394 e. The van der Waals surface area contributed by atoms with Crippen molar-refractivity contribution < 1.29 is 23.7 Å². The summed E-state index contributed by atoms with van der Waals surface area (Å²) in [6, 6.07) is 10.8. The molecule has 3 aromatic rings. The van der Waals surface area contributed by atoms with Gasteiger partial charge in [-0.25, -0.2) is 15.0 Å². The number of benzene rings is 1. The molecule has 11 nitrogen and oxygen atoms in total. The van der Waals surface area contributed by atoms with Gasteiger partial charge in [0.15, 0.2) is 23.5 Å². The van der Waals surface area contributed by atoms with Crippen LogP contribution in [-0.4, -0.2) is 67.8 Å². The van der Waals surface area contributed by atoms with Crippen molar-refractivity contribution >= 4 is 50.4 Å². The van der Waals surface area contributed by atoms with Gasteiger partial charge in [0.1, 0.15) is 12.6 Å². The van der Waals surface area contributed by atoms with E-state index in [1.54, 1.807) is 41.2 Å². The Hall–Kier alpha value is -2.61. The van der Waals surface area contributed by atoms with Crippen molar-refractivity contribution in [3.05, 3.63) is 61.2 Å². The lowest BCUT2D eigenvalue weighted by Gasteiger charge is -2.32. The lowest BCUT2D eigenvalue weighted by Crippen LogP contribution is -2.32. The third-order valence-corrected chi connectivity index (χ3v) is 10.6. The normalized spacial score (nSPS) is 22.8. The van der Waals surface area contributed by atoms with E-state index in [0.29, 0.717) is 16.7 Å². The maximum absolute atomic E-state index is 12.7. The van der Waals surface area contributed by atoms with Crippen LogP contribution >= 0.6 is 15.7 Å². The Morgan fingerprint density at radius 2 is 2.14 bits per heavy atom. The summed E-state index contributed by atoms with van der Waals surface area (Å²) in [5.74, 6) is -0.0726. The van der Waals surface area contributed by atoms with Crippen molar-refractivity contribution in [2.45, 2.75) is 30.1 Å². The van der Waals surface area contributed by atoms with Gasteiger partial charge in [-0.1, -0.05) is 24.3 Å². The Morgan fingerprint density at radius 3 is 2.84 bits per heavy atom. The number of nitriles is 1. The first-order valence-corrected chi connectivity index (χ1v) is 14.7. The topological polar surface area (TPSA) is 144 Å². The molecule has 0 saturated carbocycles. The zero-order chi connectivity index (χ0) is 26.4. The number of hydrogen-bond donors (Lipinski definition) is 2. The molecule has 1 amide bonds. The molecule has 0 bridgehead atoms. The van der Waals surface area contributed by atoms with Crippen LogP contribution in [0.15, 0.2) is 55.6 Å². The Bertz CT molecular complexity index is 1350. The number of carbonyl (C=O) groups is 1. The van der Waals surface area contributed by atoms with E-state index in [9.17, 15) is 9.90 Å². The first-order chi connectivity index (χ1) is 17.9. The van der Waals surface area contributed by atoms with Gasteiger partial charge in [0.25, 0.3) is 5.91 Å². The lowest BCUT2D eigenvalue weighted by molar-refractivity contribution is -0.0199. The quantitative estimate of drug-likeness (QED) is 0.204. The van der Waals surface area contributed by atoms with E-state index in [1.165, 1.54) is 6.33 Å². The highest BCUT2D eigenvalue weighted by atomic mass is 32.5. The number of fused-ring (bicyclic) bond motifs is 1. The third-order valence-electron chi connectivity index (χ3n) is 5.72. The average Bonchev–Trinajstić information content (AvgIpc) is 3.49. The first kappa shape index (κ1) is 27.4. The third kappa shape index (κ3) is 5.79. The molecule has 1 fully saturated rings.